The third-order valence-electron chi connectivity index (χ3n) is 7.58. The lowest BCUT2D eigenvalue weighted by atomic mass is 10.1. The molecule has 3 aromatic rings. The fourth-order valence-corrected chi connectivity index (χ4v) is 5.43. The van der Waals surface area contributed by atoms with Gasteiger partial charge in [0.25, 0.3) is 0 Å². The zero-order valence-electron chi connectivity index (χ0n) is 23.1. The van der Waals surface area contributed by atoms with Crippen molar-refractivity contribution in [2.24, 2.45) is 0 Å². The van der Waals surface area contributed by atoms with Gasteiger partial charge in [0.05, 0.1) is 5.69 Å². The van der Waals surface area contributed by atoms with Crippen LogP contribution in [0.25, 0.3) is 22.2 Å². The van der Waals surface area contributed by atoms with Gasteiger partial charge in [-0.25, -0.2) is 0 Å². The Bertz CT molecular complexity index is 1110. The first-order valence-electron chi connectivity index (χ1n) is 14.3. The average Bonchev–Trinajstić information content (AvgIpc) is 3.16. The van der Waals surface area contributed by atoms with Crippen LogP contribution in [-0.4, -0.2) is 38.7 Å². The molecule has 2 N–H and O–H groups in total. The maximum absolute atomic E-state index is 12.0. The normalized spacial score (nSPS) is 11.3. The Labute approximate surface area is 223 Å². The standard InChI is InChI=1S/C32H46N2O3/c1-4-33(5-2)31(37)16-14-12-10-8-6-7-9-11-13-15-23-34-30-22-21-28(36)24-29(30)25(3)32(34)26-17-19-27(35)20-18-26/h17-22,24,35-36H,4-16,23H2,1-3H3. The Morgan fingerprint density at radius 1 is 0.757 bits per heavy atom. The fourth-order valence-electron chi connectivity index (χ4n) is 5.43. The van der Waals surface area contributed by atoms with E-state index >= 15 is 0 Å². The van der Waals surface area contributed by atoms with Crippen LogP contribution in [0.4, 0.5) is 0 Å². The van der Waals surface area contributed by atoms with E-state index in [1.165, 1.54) is 57.1 Å². The summed E-state index contributed by atoms with van der Waals surface area (Å²) in [5, 5.41) is 20.9. The van der Waals surface area contributed by atoms with Crippen LogP contribution < -0.4 is 0 Å². The summed E-state index contributed by atoms with van der Waals surface area (Å²) in [6.45, 7) is 8.79. The van der Waals surface area contributed by atoms with Crippen molar-refractivity contribution in [3.63, 3.8) is 0 Å². The van der Waals surface area contributed by atoms with Gasteiger partial charge in [-0.2, -0.15) is 0 Å². The minimum Gasteiger partial charge on any atom is -0.508 e. The van der Waals surface area contributed by atoms with Gasteiger partial charge >= 0.3 is 0 Å². The summed E-state index contributed by atoms with van der Waals surface area (Å²) >= 11 is 0. The van der Waals surface area contributed by atoms with Crippen molar-refractivity contribution in [1.82, 2.24) is 9.47 Å². The van der Waals surface area contributed by atoms with Gasteiger partial charge in [0.2, 0.25) is 5.91 Å². The number of hydrogen-bond acceptors (Lipinski definition) is 3. The molecule has 0 aliphatic heterocycles. The topological polar surface area (TPSA) is 65.7 Å². The molecule has 5 nitrogen and oxygen atoms in total. The lowest BCUT2D eigenvalue weighted by Crippen LogP contribution is -2.30. The molecule has 0 saturated carbocycles. The summed E-state index contributed by atoms with van der Waals surface area (Å²) in [6.07, 6.45) is 12.9. The van der Waals surface area contributed by atoms with E-state index in [9.17, 15) is 15.0 Å². The number of carbonyl (C=O) groups excluding carboxylic acids is 1. The molecule has 2 aromatic carbocycles. The van der Waals surface area contributed by atoms with E-state index in [1.54, 1.807) is 18.2 Å². The Morgan fingerprint density at radius 3 is 1.89 bits per heavy atom. The van der Waals surface area contributed by atoms with E-state index < -0.39 is 0 Å². The lowest BCUT2D eigenvalue weighted by molar-refractivity contribution is -0.130. The van der Waals surface area contributed by atoms with E-state index in [-0.39, 0.29) is 11.5 Å². The number of aromatic hydroxyl groups is 2. The van der Waals surface area contributed by atoms with Crippen LogP contribution >= 0.6 is 0 Å². The van der Waals surface area contributed by atoms with Crippen LogP contribution in [0.3, 0.4) is 0 Å². The summed E-state index contributed by atoms with van der Waals surface area (Å²) in [6, 6.07) is 13.0. The van der Waals surface area contributed by atoms with Crippen molar-refractivity contribution in [3.05, 3.63) is 48.0 Å². The third kappa shape index (κ3) is 8.02. The van der Waals surface area contributed by atoms with Gasteiger partial charge in [-0.3, -0.25) is 4.79 Å². The summed E-state index contributed by atoms with van der Waals surface area (Å²) in [7, 11) is 0. The largest absolute Gasteiger partial charge is 0.508 e. The smallest absolute Gasteiger partial charge is 0.222 e. The second-order valence-corrected chi connectivity index (χ2v) is 10.2. The maximum Gasteiger partial charge on any atom is 0.222 e. The van der Waals surface area contributed by atoms with Crippen LogP contribution in [0.1, 0.15) is 90.0 Å². The highest BCUT2D eigenvalue weighted by atomic mass is 16.3. The van der Waals surface area contributed by atoms with Crippen LogP contribution in [0.5, 0.6) is 11.5 Å². The molecular weight excluding hydrogens is 460 g/mol. The highest BCUT2D eigenvalue weighted by Crippen LogP contribution is 2.36. The molecule has 1 amide bonds. The Morgan fingerprint density at radius 2 is 1.30 bits per heavy atom. The first kappa shape index (κ1) is 28.6. The molecule has 0 unspecified atom stereocenters. The van der Waals surface area contributed by atoms with Crippen molar-refractivity contribution in [2.45, 2.75) is 97.9 Å². The average molecular weight is 507 g/mol. The molecule has 0 spiro atoms. The first-order chi connectivity index (χ1) is 18.0. The van der Waals surface area contributed by atoms with Crippen molar-refractivity contribution < 1.29 is 15.0 Å². The molecule has 3 rings (SSSR count). The Hall–Kier alpha value is -2.95. The fraction of sp³-hybridized carbons (Fsp3) is 0.531. The third-order valence-corrected chi connectivity index (χ3v) is 7.58. The van der Waals surface area contributed by atoms with Crippen LogP contribution in [-0.2, 0) is 11.3 Å². The number of aromatic nitrogens is 1. The molecule has 5 heteroatoms. The minimum absolute atomic E-state index is 0.270. The zero-order valence-corrected chi connectivity index (χ0v) is 23.1. The number of benzene rings is 2. The van der Waals surface area contributed by atoms with Crippen LogP contribution in [0.15, 0.2) is 42.5 Å². The Kier molecular flexibility index (Phi) is 11.4. The summed E-state index contributed by atoms with van der Waals surface area (Å²) in [5.41, 5.74) is 4.56. The van der Waals surface area contributed by atoms with Crippen molar-refractivity contribution in [3.8, 4) is 22.8 Å². The number of hydrogen-bond donors (Lipinski definition) is 2. The highest BCUT2D eigenvalue weighted by Gasteiger charge is 2.16. The summed E-state index contributed by atoms with van der Waals surface area (Å²) < 4.78 is 2.38. The number of rotatable bonds is 16. The van der Waals surface area contributed by atoms with Crippen molar-refractivity contribution in [1.29, 1.82) is 0 Å². The molecule has 202 valence electrons. The van der Waals surface area contributed by atoms with E-state index in [4.69, 9.17) is 0 Å². The molecule has 1 heterocycles. The van der Waals surface area contributed by atoms with Gasteiger partial charge in [-0.05, 0) is 87.2 Å². The molecule has 1 aromatic heterocycles. The first-order valence-corrected chi connectivity index (χ1v) is 14.3. The maximum atomic E-state index is 12.0. The van der Waals surface area contributed by atoms with Gasteiger partial charge in [0.1, 0.15) is 11.5 Å². The monoisotopic (exact) mass is 506 g/mol. The second-order valence-electron chi connectivity index (χ2n) is 10.2. The van der Waals surface area contributed by atoms with Gasteiger partial charge in [-0.15, -0.1) is 0 Å². The quantitative estimate of drug-likeness (QED) is 0.192. The summed E-state index contributed by atoms with van der Waals surface area (Å²) in [5.74, 6) is 0.867. The number of fused-ring (bicyclic) bond motifs is 1. The number of phenols is 2. The van der Waals surface area contributed by atoms with Crippen LogP contribution in [0.2, 0.25) is 0 Å². The van der Waals surface area contributed by atoms with Crippen molar-refractivity contribution in [2.75, 3.05) is 13.1 Å². The number of carbonyl (C=O) groups is 1. The molecule has 0 aliphatic carbocycles. The molecular formula is C32H46N2O3. The highest BCUT2D eigenvalue weighted by molar-refractivity contribution is 5.92. The number of unbranched alkanes of at least 4 members (excludes halogenated alkanes) is 9. The van der Waals surface area contributed by atoms with Gasteiger partial charge in [0, 0.05) is 37.0 Å². The molecule has 0 aliphatic rings. The van der Waals surface area contributed by atoms with E-state index in [0.29, 0.717) is 12.3 Å². The predicted molar refractivity (Wildman–Crippen MR) is 154 cm³/mol. The number of phenolic OH excluding ortho intramolecular Hbond substituents is 2. The molecule has 0 fully saturated rings. The molecule has 0 radical (unpaired) electrons. The van der Waals surface area contributed by atoms with Gasteiger partial charge in [0.15, 0.2) is 0 Å². The second kappa shape index (κ2) is 14.7. The molecule has 37 heavy (non-hydrogen) atoms. The summed E-state index contributed by atoms with van der Waals surface area (Å²) in [4.78, 5) is 14.0. The SMILES string of the molecule is CCN(CC)C(=O)CCCCCCCCCCCCn1c(-c2ccc(O)cc2)c(C)c2cc(O)ccc21. The molecule has 0 bridgehead atoms. The number of aryl methyl sites for hydroxylation is 2. The predicted octanol–water partition coefficient (Wildman–Crippen LogP) is 8.19. The molecule has 0 atom stereocenters. The van der Waals surface area contributed by atoms with Crippen LogP contribution in [0, 0.1) is 6.92 Å². The molecule has 0 saturated heterocycles. The van der Waals surface area contributed by atoms with Crippen molar-refractivity contribution >= 4 is 16.8 Å². The lowest BCUT2D eigenvalue weighted by Gasteiger charge is -2.18. The van der Waals surface area contributed by atoms with E-state index in [2.05, 4.69) is 11.5 Å². The van der Waals surface area contributed by atoms with E-state index in [1.807, 2.05) is 43.0 Å². The number of amides is 1. The van der Waals surface area contributed by atoms with Gasteiger partial charge in [-0.1, -0.05) is 51.4 Å². The minimum atomic E-state index is 0.270. The van der Waals surface area contributed by atoms with E-state index in [0.717, 1.165) is 54.5 Å². The Balaban J connectivity index is 1.39. The number of nitrogens with zero attached hydrogens (tertiary/aromatic N) is 2. The van der Waals surface area contributed by atoms with Gasteiger partial charge < -0.3 is 19.7 Å². The zero-order chi connectivity index (χ0) is 26.6.